The highest BCUT2D eigenvalue weighted by Gasteiger charge is 2.35. The first-order valence-corrected chi connectivity index (χ1v) is 10.7. The fraction of sp³-hybridized carbons (Fsp3) is 0.296. The lowest BCUT2D eigenvalue weighted by Crippen LogP contribution is -2.41. The lowest BCUT2D eigenvalue weighted by atomic mass is 9.89. The zero-order valence-electron chi connectivity index (χ0n) is 18.4. The lowest BCUT2D eigenvalue weighted by Gasteiger charge is -2.38. The van der Waals surface area contributed by atoms with E-state index in [0.29, 0.717) is 6.42 Å². The van der Waals surface area contributed by atoms with Gasteiger partial charge in [-0.1, -0.05) is 48.5 Å². The average Bonchev–Trinajstić information content (AvgIpc) is 2.77. The fourth-order valence-corrected chi connectivity index (χ4v) is 4.21. The third kappa shape index (κ3) is 4.91. The lowest BCUT2D eigenvalue weighted by molar-refractivity contribution is 0.0617. The number of hydrogen-bond acceptors (Lipinski definition) is 3. The minimum absolute atomic E-state index is 0.0554. The van der Waals surface area contributed by atoms with Crippen molar-refractivity contribution in [3.63, 3.8) is 0 Å². The number of nitrogens with one attached hydrogen (secondary N) is 1. The van der Waals surface area contributed by atoms with Crippen LogP contribution in [0.15, 0.2) is 72.8 Å². The Bertz CT molecular complexity index is 1060. The number of carbonyl (C=O) groups excluding carboxylic acids is 1. The van der Waals surface area contributed by atoms with Gasteiger partial charge in [-0.2, -0.15) is 0 Å². The van der Waals surface area contributed by atoms with Crippen LogP contribution < -0.4 is 14.8 Å². The Morgan fingerprint density at radius 2 is 1.77 bits per heavy atom. The molecule has 4 nitrogen and oxygen atoms in total. The SMILES string of the molecule is COc1ccc2c(c1)C(NC(=O)c1ccccc1CCc1ccccc1)CC(C)(C)O2. The Morgan fingerprint density at radius 3 is 2.55 bits per heavy atom. The second-order valence-corrected chi connectivity index (χ2v) is 8.64. The Balaban J connectivity index is 1.56. The molecule has 0 radical (unpaired) electrons. The summed E-state index contributed by atoms with van der Waals surface area (Å²) >= 11 is 0. The molecule has 0 spiro atoms. The first-order valence-electron chi connectivity index (χ1n) is 10.7. The van der Waals surface area contributed by atoms with E-state index in [0.717, 1.165) is 41.0 Å². The summed E-state index contributed by atoms with van der Waals surface area (Å²) in [6.07, 6.45) is 2.40. The molecule has 1 aliphatic rings. The van der Waals surface area contributed by atoms with Crippen molar-refractivity contribution >= 4 is 5.91 Å². The molecule has 0 bridgehead atoms. The molecule has 0 saturated heterocycles. The third-order valence-corrected chi connectivity index (χ3v) is 5.77. The number of rotatable bonds is 6. The zero-order chi connectivity index (χ0) is 21.8. The number of carbonyl (C=O) groups is 1. The smallest absolute Gasteiger partial charge is 0.252 e. The Morgan fingerprint density at radius 1 is 1.03 bits per heavy atom. The summed E-state index contributed by atoms with van der Waals surface area (Å²) in [5.41, 5.74) is 3.64. The Kier molecular flexibility index (Phi) is 5.99. The van der Waals surface area contributed by atoms with Crippen molar-refractivity contribution in [2.45, 2.75) is 44.8 Å². The van der Waals surface area contributed by atoms with E-state index in [-0.39, 0.29) is 17.6 Å². The van der Waals surface area contributed by atoms with Gasteiger partial charge in [-0.25, -0.2) is 0 Å². The molecule has 1 heterocycles. The maximum atomic E-state index is 13.3. The zero-order valence-corrected chi connectivity index (χ0v) is 18.4. The normalized spacial score (nSPS) is 16.7. The van der Waals surface area contributed by atoms with Gasteiger partial charge in [-0.05, 0) is 62.1 Å². The van der Waals surface area contributed by atoms with Gasteiger partial charge in [0.25, 0.3) is 5.91 Å². The van der Waals surface area contributed by atoms with E-state index in [4.69, 9.17) is 9.47 Å². The standard InChI is InChI=1S/C27H29NO3/c1-27(2)18-24(23-17-21(30-3)15-16-25(23)31-27)28-26(29)22-12-8-7-11-20(22)14-13-19-9-5-4-6-10-19/h4-12,15-17,24H,13-14,18H2,1-3H3,(H,28,29). The summed E-state index contributed by atoms with van der Waals surface area (Å²) in [7, 11) is 1.64. The molecule has 0 aromatic heterocycles. The second kappa shape index (κ2) is 8.84. The van der Waals surface area contributed by atoms with Gasteiger partial charge < -0.3 is 14.8 Å². The largest absolute Gasteiger partial charge is 0.497 e. The first-order chi connectivity index (χ1) is 14.9. The van der Waals surface area contributed by atoms with Crippen molar-refractivity contribution in [3.05, 3.63) is 95.1 Å². The highest BCUT2D eigenvalue weighted by Crippen LogP contribution is 2.41. The molecule has 1 N–H and O–H groups in total. The number of benzene rings is 3. The molecule has 3 aromatic carbocycles. The van der Waals surface area contributed by atoms with E-state index in [1.807, 2.05) is 74.5 Å². The molecule has 0 fully saturated rings. The van der Waals surface area contributed by atoms with Crippen molar-refractivity contribution in [1.29, 1.82) is 0 Å². The molecular formula is C27H29NO3. The van der Waals surface area contributed by atoms with E-state index in [2.05, 4.69) is 17.4 Å². The molecule has 31 heavy (non-hydrogen) atoms. The molecule has 0 saturated carbocycles. The number of aryl methyl sites for hydroxylation is 2. The molecular weight excluding hydrogens is 386 g/mol. The predicted octanol–water partition coefficient (Wildman–Crippen LogP) is 5.51. The highest BCUT2D eigenvalue weighted by molar-refractivity contribution is 5.96. The Labute approximate surface area is 184 Å². The van der Waals surface area contributed by atoms with E-state index in [1.54, 1.807) is 7.11 Å². The average molecular weight is 416 g/mol. The van der Waals surface area contributed by atoms with Crippen LogP contribution in [0.25, 0.3) is 0 Å². The minimum atomic E-state index is -0.369. The molecule has 3 aromatic rings. The van der Waals surface area contributed by atoms with Crippen LogP contribution in [0.4, 0.5) is 0 Å². The summed E-state index contributed by atoms with van der Waals surface area (Å²) in [5.74, 6) is 1.49. The Hall–Kier alpha value is -3.27. The number of amides is 1. The summed E-state index contributed by atoms with van der Waals surface area (Å²) in [6, 6.07) is 23.8. The molecule has 160 valence electrons. The van der Waals surface area contributed by atoms with Crippen LogP contribution in [0.1, 0.15) is 53.4 Å². The molecule has 1 unspecified atom stereocenters. The molecule has 1 atom stereocenters. The van der Waals surface area contributed by atoms with Gasteiger partial charge in [0.2, 0.25) is 0 Å². The molecule has 0 aliphatic carbocycles. The minimum Gasteiger partial charge on any atom is -0.497 e. The summed E-state index contributed by atoms with van der Waals surface area (Å²) in [5, 5.41) is 3.26. The van der Waals surface area contributed by atoms with E-state index in [1.165, 1.54) is 5.56 Å². The summed E-state index contributed by atoms with van der Waals surface area (Å²) in [6.45, 7) is 4.10. The number of fused-ring (bicyclic) bond motifs is 1. The van der Waals surface area contributed by atoms with Gasteiger partial charge in [0.05, 0.1) is 13.2 Å². The van der Waals surface area contributed by atoms with Crippen LogP contribution in [-0.4, -0.2) is 18.6 Å². The van der Waals surface area contributed by atoms with E-state index >= 15 is 0 Å². The van der Waals surface area contributed by atoms with Crippen LogP contribution in [0.5, 0.6) is 11.5 Å². The number of ether oxygens (including phenoxy) is 2. The summed E-state index contributed by atoms with van der Waals surface area (Å²) < 4.78 is 11.5. The van der Waals surface area contributed by atoms with E-state index in [9.17, 15) is 4.79 Å². The van der Waals surface area contributed by atoms with Crippen molar-refractivity contribution < 1.29 is 14.3 Å². The molecule has 4 rings (SSSR count). The second-order valence-electron chi connectivity index (χ2n) is 8.64. The quantitative estimate of drug-likeness (QED) is 0.577. The van der Waals surface area contributed by atoms with Crippen molar-refractivity contribution in [3.8, 4) is 11.5 Å². The maximum Gasteiger partial charge on any atom is 0.252 e. The number of hydrogen-bond donors (Lipinski definition) is 1. The van der Waals surface area contributed by atoms with Crippen LogP contribution in [0.3, 0.4) is 0 Å². The van der Waals surface area contributed by atoms with Gasteiger partial charge >= 0.3 is 0 Å². The van der Waals surface area contributed by atoms with Gasteiger partial charge in [0.15, 0.2) is 0 Å². The monoisotopic (exact) mass is 415 g/mol. The van der Waals surface area contributed by atoms with Gasteiger partial charge in [-0.3, -0.25) is 4.79 Å². The van der Waals surface area contributed by atoms with Gasteiger partial charge in [0, 0.05) is 17.5 Å². The van der Waals surface area contributed by atoms with Crippen molar-refractivity contribution in [2.75, 3.05) is 7.11 Å². The fourth-order valence-electron chi connectivity index (χ4n) is 4.21. The van der Waals surface area contributed by atoms with Gasteiger partial charge in [-0.15, -0.1) is 0 Å². The third-order valence-electron chi connectivity index (χ3n) is 5.77. The maximum absolute atomic E-state index is 13.3. The topological polar surface area (TPSA) is 47.6 Å². The molecule has 1 amide bonds. The first kappa shape index (κ1) is 21.0. The highest BCUT2D eigenvalue weighted by atomic mass is 16.5. The van der Waals surface area contributed by atoms with Crippen molar-refractivity contribution in [1.82, 2.24) is 5.32 Å². The van der Waals surface area contributed by atoms with Crippen LogP contribution in [0, 0.1) is 0 Å². The molecule has 4 heteroatoms. The van der Waals surface area contributed by atoms with Crippen LogP contribution in [-0.2, 0) is 12.8 Å². The van der Waals surface area contributed by atoms with Gasteiger partial charge in [0.1, 0.15) is 17.1 Å². The van der Waals surface area contributed by atoms with Crippen LogP contribution >= 0.6 is 0 Å². The van der Waals surface area contributed by atoms with Crippen molar-refractivity contribution in [2.24, 2.45) is 0 Å². The molecule has 1 aliphatic heterocycles. The van der Waals surface area contributed by atoms with Crippen LogP contribution in [0.2, 0.25) is 0 Å². The van der Waals surface area contributed by atoms with E-state index < -0.39 is 0 Å². The number of methoxy groups -OCH3 is 1. The summed E-state index contributed by atoms with van der Waals surface area (Å²) in [4.78, 5) is 13.3. The predicted molar refractivity (Wildman–Crippen MR) is 123 cm³/mol.